The van der Waals surface area contributed by atoms with Gasteiger partial charge in [0.2, 0.25) is 0 Å². The molecule has 0 atom stereocenters. The van der Waals surface area contributed by atoms with Crippen LogP contribution in [0.3, 0.4) is 0 Å². The van der Waals surface area contributed by atoms with Crippen molar-refractivity contribution in [2.24, 2.45) is 5.41 Å². The third-order valence-electron chi connectivity index (χ3n) is 2.56. The van der Waals surface area contributed by atoms with E-state index < -0.39 is 0 Å². The molecule has 1 heteroatoms. The van der Waals surface area contributed by atoms with E-state index in [-0.39, 0.29) is 0 Å². The van der Waals surface area contributed by atoms with Gasteiger partial charge in [0.25, 0.3) is 0 Å². The van der Waals surface area contributed by atoms with Crippen LogP contribution in [0.2, 0.25) is 0 Å². The predicted molar refractivity (Wildman–Crippen MR) is 39.4 cm³/mol. The predicted octanol–water partition coefficient (Wildman–Crippen LogP) is 1.38. The Kier molecular flexibility index (Phi) is 1.07. The Balaban J connectivity index is 1.95. The Morgan fingerprint density at radius 3 is 1.88 bits per heavy atom. The van der Waals surface area contributed by atoms with Crippen LogP contribution in [0.25, 0.3) is 0 Å². The summed E-state index contributed by atoms with van der Waals surface area (Å²) in [5, 5.41) is 0. The van der Waals surface area contributed by atoms with Crippen molar-refractivity contribution < 1.29 is 0 Å². The Hall–Kier alpha value is 0.350. The van der Waals surface area contributed by atoms with Crippen molar-refractivity contribution in [1.29, 1.82) is 0 Å². The standard InChI is InChI=1S/C7H12S/c1-2-7(1)3-5-8-6-4-7/h1-6H2/p+1. The molecule has 8 heavy (non-hydrogen) atoms. The van der Waals surface area contributed by atoms with Crippen LogP contribution in [0.4, 0.5) is 0 Å². The van der Waals surface area contributed by atoms with E-state index in [0.29, 0.717) is 0 Å². The van der Waals surface area contributed by atoms with E-state index in [2.05, 4.69) is 0 Å². The first-order valence-corrected chi connectivity index (χ1v) is 4.81. The second-order valence-electron chi connectivity index (χ2n) is 3.17. The highest BCUT2D eigenvalue weighted by molar-refractivity contribution is 7.78. The molecule has 1 heterocycles. The van der Waals surface area contributed by atoms with Crippen LogP contribution in [0, 0.1) is 5.41 Å². The molecule has 0 unspecified atom stereocenters. The average molecular weight is 129 g/mol. The number of rotatable bonds is 0. The van der Waals surface area contributed by atoms with E-state index >= 15 is 0 Å². The minimum atomic E-state index is 0.922. The lowest BCUT2D eigenvalue weighted by atomic mass is 10.0. The highest BCUT2D eigenvalue weighted by Gasteiger charge is 2.45. The zero-order chi connectivity index (χ0) is 5.45. The topological polar surface area (TPSA) is 0 Å². The molecule has 1 aliphatic heterocycles. The highest BCUT2D eigenvalue weighted by atomic mass is 32.2. The fraction of sp³-hybridized carbons (Fsp3) is 1.00. The summed E-state index contributed by atoms with van der Waals surface area (Å²) in [5.41, 5.74) is 0.922. The van der Waals surface area contributed by atoms with Crippen molar-refractivity contribution in [2.75, 3.05) is 11.5 Å². The van der Waals surface area contributed by atoms with Gasteiger partial charge in [0.15, 0.2) is 0 Å². The summed E-state index contributed by atoms with van der Waals surface area (Å²) in [4.78, 5) is 0. The van der Waals surface area contributed by atoms with Gasteiger partial charge in [-0.15, -0.1) is 0 Å². The van der Waals surface area contributed by atoms with E-state index in [9.17, 15) is 0 Å². The van der Waals surface area contributed by atoms with Crippen LogP contribution < -0.4 is 0 Å². The summed E-state index contributed by atoms with van der Waals surface area (Å²) in [6.07, 6.45) is 6.22. The van der Waals surface area contributed by atoms with Gasteiger partial charge in [-0.25, -0.2) is 0 Å². The highest BCUT2D eigenvalue weighted by Crippen LogP contribution is 2.53. The summed E-state index contributed by atoms with van der Waals surface area (Å²) in [7, 11) is 0. The van der Waals surface area contributed by atoms with E-state index in [0.717, 1.165) is 5.41 Å². The van der Waals surface area contributed by atoms with Crippen molar-refractivity contribution in [3.05, 3.63) is 0 Å². The lowest BCUT2D eigenvalue weighted by Crippen LogP contribution is -2.15. The lowest BCUT2D eigenvalue weighted by Gasteiger charge is -2.14. The molecule has 2 fully saturated rings. The monoisotopic (exact) mass is 129 g/mol. The maximum Gasteiger partial charge on any atom is 0.106 e. The number of hydrogen-bond donors (Lipinski definition) is 0. The van der Waals surface area contributed by atoms with E-state index in [1.54, 1.807) is 37.4 Å². The first kappa shape index (κ1) is 5.16. The second kappa shape index (κ2) is 1.66. The van der Waals surface area contributed by atoms with Gasteiger partial charge >= 0.3 is 0 Å². The smallest absolute Gasteiger partial charge is 0.0467 e. The van der Waals surface area contributed by atoms with Crippen LogP contribution in [0.15, 0.2) is 0 Å². The van der Waals surface area contributed by atoms with Gasteiger partial charge in [0.1, 0.15) is 11.5 Å². The van der Waals surface area contributed by atoms with Crippen LogP contribution in [-0.4, -0.2) is 11.5 Å². The largest absolute Gasteiger partial charge is 0.106 e. The first-order valence-electron chi connectivity index (χ1n) is 3.55. The minimum Gasteiger partial charge on any atom is -0.0467 e. The zero-order valence-electron chi connectivity index (χ0n) is 5.19. The van der Waals surface area contributed by atoms with E-state index in [1.165, 1.54) is 11.5 Å². The van der Waals surface area contributed by atoms with Gasteiger partial charge in [0, 0.05) is 0 Å². The molecule has 0 radical (unpaired) electrons. The van der Waals surface area contributed by atoms with Crippen molar-refractivity contribution in [1.82, 2.24) is 0 Å². The summed E-state index contributed by atoms with van der Waals surface area (Å²) in [6.45, 7) is 0. The molecule has 0 aromatic rings. The molecule has 46 valence electrons. The van der Waals surface area contributed by atoms with Crippen molar-refractivity contribution in [2.45, 2.75) is 25.7 Å². The van der Waals surface area contributed by atoms with Crippen molar-refractivity contribution >= 4 is 11.8 Å². The van der Waals surface area contributed by atoms with Crippen LogP contribution in [0.5, 0.6) is 0 Å². The molecule has 1 spiro atoms. The summed E-state index contributed by atoms with van der Waals surface area (Å²) >= 11 is 1.72. The Morgan fingerprint density at radius 1 is 0.875 bits per heavy atom. The molecule has 1 saturated carbocycles. The van der Waals surface area contributed by atoms with Gasteiger partial charge in [-0.1, -0.05) is 0 Å². The molecule has 0 bridgehead atoms. The normalized spacial score (nSPS) is 33.0. The molecule has 2 aliphatic rings. The Bertz CT molecular complexity index is 86.6. The maximum absolute atomic E-state index is 1.72. The van der Waals surface area contributed by atoms with E-state index in [1.807, 2.05) is 0 Å². The van der Waals surface area contributed by atoms with Crippen LogP contribution in [0.1, 0.15) is 25.7 Å². The van der Waals surface area contributed by atoms with Gasteiger partial charge in [-0.2, -0.15) is 0 Å². The lowest BCUT2D eigenvalue weighted by molar-refractivity contribution is 0.470. The summed E-state index contributed by atoms with van der Waals surface area (Å²) in [6, 6.07) is 0. The summed E-state index contributed by atoms with van der Waals surface area (Å²) < 4.78 is 0. The Morgan fingerprint density at radius 2 is 1.50 bits per heavy atom. The van der Waals surface area contributed by atoms with Gasteiger partial charge < -0.3 is 0 Å². The quantitative estimate of drug-likeness (QED) is 0.342. The molecule has 0 aromatic carbocycles. The second-order valence-corrected chi connectivity index (χ2v) is 4.51. The molecule has 2 rings (SSSR count). The molecular weight excluding hydrogens is 116 g/mol. The molecule has 0 nitrogen and oxygen atoms in total. The SMILES string of the molecule is C1CC2(CC[SH+]1)CC2. The first-order chi connectivity index (χ1) is 3.91. The molecule has 0 aromatic heterocycles. The average Bonchev–Trinajstić information content (AvgIpc) is 2.52. The fourth-order valence-electron chi connectivity index (χ4n) is 1.55. The third-order valence-corrected chi connectivity index (χ3v) is 3.64. The third kappa shape index (κ3) is 0.771. The molecule has 1 aliphatic carbocycles. The van der Waals surface area contributed by atoms with Gasteiger partial charge in [-0.3, -0.25) is 0 Å². The molecule has 0 amide bonds. The molecular formula is C7H13S+. The fourth-order valence-corrected chi connectivity index (χ4v) is 3.03. The minimum absolute atomic E-state index is 0.922. The number of thiol groups is 1. The van der Waals surface area contributed by atoms with E-state index in [4.69, 9.17) is 0 Å². The van der Waals surface area contributed by atoms with Crippen molar-refractivity contribution in [3.63, 3.8) is 0 Å². The zero-order valence-corrected chi connectivity index (χ0v) is 6.08. The van der Waals surface area contributed by atoms with Crippen LogP contribution in [-0.2, 0) is 11.8 Å². The Labute approximate surface area is 55.0 Å². The molecule has 1 saturated heterocycles. The van der Waals surface area contributed by atoms with Gasteiger partial charge in [0.05, 0.1) is 0 Å². The van der Waals surface area contributed by atoms with Gasteiger partial charge in [-0.05, 0) is 42.9 Å². The van der Waals surface area contributed by atoms with Crippen molar-refractivity contribution in [3.8, 4) is 0 Å². The maximum atomic E-state index is 1.72. The van der Waals surface area contributed by atoms with Crippen LogP contribution >= 0.6 is 0 Å². The number of hydrogen-bond acceptors (Lipinski definition) is 0. The summed E-state index contributed by atoms with van der Waals surface area (Å²) in [5.74, 6) is 3.00. The molecule has 0 N–H and O–H groups in total.